The molecule has 1 amide bonds. The largest absolute Gasteiger partial charge is 0.389 e. The van der Waals surface area contributed by atoms with Gasteiger partial charge in [-0.1, -0.05) is 26.0 Å². The maximum Gasteiger partial charge on any atom is 0.227 e. The summed E-state index contributed by atoms with van der Waals surface area (Å²) in [6.45, 7) is 5.76. The molecule has 1 aromatic carbocycles. The number of hydrogen-bond donors (Lipinski definition) is 2. The van der Waals surface area contributed by atoms with Gasteiger partial charge in [0.25, 0.3) is 0 Å². The lowest BCUT2D eigenvalue weighted by Crippen LogP contribution is -2.21. The van der Waals surface area contributed by atoms with Crippen LogP contribution in [0.25, 0.3) is 0 Å². The molecule has 1 atom stereocenters. The summed E-state index contributed by atoms with van der Waals surface area (Å²) in [4.78, 5) is 11.8. The fourth-order valence-electron chi connectivity index (χ4n) is 1.75. The van der Waals surface area contributed by atoms with Gasteiger partial charge >= 0.3 is 0 Å². The van der Waals surface area contributed by atoms with E-state index < -0.39 is 6.10 Å². The van der Waals surface area contributed by atoms with Gasteiger partial charge in [-0.2, -0.15) is 0 Å². The molecule has 17 heavy (non-hydrogen) atoms. The predicted octanol–water partition coefficient (Wildman–Crippen LogP) is 3.11. The first-order valence-electron chi connectivity index (χ1n) is 6.17. The van der Waals surface area contributed by atoms with Gasteiger partial charge in [-0.05, 0) is 37.5 Å². The SMILES string of the molecule is CCC(CC)C(=O)Nc1ccc(C(C)O)cc1. The van der Waals surface area contributed by atoms with E-state index in [9.17, 15) is 9.90 Å². The third-order valence-electron chi connectivity index (χ3n) is 3.02. The number of nitrogens with one attached hydrogen (secondary N) is 1. The molecule has 3 heteroatoms. The van der Waals surface area contributed by atoms with Crippen molar-refractivity contribution in [2.75, 3.05) is 5.32 Å². The van der Waals surface area contributed by atoms with Crippen LogP contribution in [0, 0.1) is 5.92 Å². The van der Waals surface area contributed by atoms with E-state index in [0.717, 1.165) is 24.1 Å². The van der Waals surface area contributed by atoms with E-state index in [-0.39, 0.29) is 11.8 Å². The molecule has 0 bridgehead atoms. The second kappa shape index (κ2) is 6.40. The van der Waals surface area contributed by atoms with Crippen LogP contribution < -0.4 is 5.32 Å². The fourth-order valence-corrected chi connectivity index (χ4v) is 1.75. The van der Waals surface area contributed by atoms with Crippen molar-refractivity contribution in [2.45, 2.75) is 39.7 Å². The van der Waals surface area contributed by atoms with Gasteiger partial charge in [0.15, 0.2) is 0 Å². The molecule has 0 aliphatic heterocycles. The van der Waals surface area contributed by atoms with Crippen LogP contribution in [0.2, 0.25) is 0 Å². The summed E-state index contributed by atoms with van der Waals surface area (Å²) in [6, 6.07) is 7.30. The molecule has 1 rings (SSSR count). The first kappa shape index (κ1) is 13.7. The number of rotatable bonds is 5. The number of amides is 1. The van der Waals surface area contributed by atoms with Crippen LogP contribution in [0.15, 0.2) is 24.3 Å². The molecule has 0 heterocycles. The summed E-state index contributed by atoms with van der Waals surface area (Å²) in [5.41, 5.74) is 1.64. The number of anilines is 1. The molecule has 0 fully saturated rings. The lowest BCUT2D eigenvalue weighted by molar-refractivity contribution is -0.120. The monoisotopic (exact) mass is 235 g/mol. The van der Waals surface area contributed by atoms with E-state index >= 15 is 0 Å². The van der Waals surface area contributed by atoms with Gasteiger partial charge in [-0.15, -0.1) is 0 Å². The molecule has 0 aromatic heterocycles. The van der Waals surface area contributed by atoms with Crippen molar-refractivity contribution in [1.82, 2.24) is 0 Å². The molecular weight excluding hydrogens is 214 g/mol. The Morgan fingerprint density at radius 1 is 1.24 bits per heavy atom. The van der Waals surface area contributed by atoms with Gasteiger partial charge in [0, 0.05) is 11.6 Å². The van der Waals surface area contributed by atoms with Gasteiger partial charge in [0.05, 0.1) is 6.10 Å². The molecule has 2 N–H and O–H groups in total. The maximum atomic E-state index is 11.8. The minimum atomic E-state index is -0.473. The van der Waals surface area contributed by atoms with Crippen molar-refractivity contribution in [3.63, 3.8) is 0 Å². The summed E-state index contributed by atoms with van der Waals surface area (Å²) in [5.74, 6) is 0.145. The maximum absolute atomic E-state index is 11.8. The van der Waals surface area contributed by atoms with Crippen LogP contribution in [0.5, 0.6) is 0 Å². The number of hydrogen-bond acceptors (Lipinski definition) is 2. The molecule has 0 aliphatic rings. The third kappa shape index (κ3) is 3.86. The average Bonchev–Trinajstić information content (AvgIpc) is 2.31. The van der Waals surface area contributed by atoms with Crippen molar-refractivity contribution >= 4 is 11.6 Å². The molecule has 0 spiro atoms. The van der Waals surface area contributed by atoms with E-state index in [0.29, 0.717) is 0 Å². The Morgan fingerprint density at radius 3 is 2.18 bits per heavy atom. The number of aliphatic hydroxyl groups excluding tert-OH is 1. The Hall–Kier alpha value is -1.35. The number of benzene rings is 1. The fraction of sp³-hybridized carbons (Fsp3) is 0.500. The van der Waals surface area contributed by atoms with Crippen LogP contribution in [-0.4, -0.2) is 11.0 Å². The van der Waals surface area contributed by atoms with Gasteiger partial charge < -0.3 is 10.4 Å². The van der Waals surface area contributed by atoms with E-state index in [2.05, 4.69) is 5.32 Å². The molecule has 0 saturated carbocycles. The van der Waals surface area contributed by atoms with Crippen molar-refractivity contribution in [3.8, 4) is 0 Å². The quantitative estimate of drug-likeness (QED) is 0.823. The van der Waals surface area contributed by atoms with Crippen molar-refractivity contribution in [2.24, 2.45) is 5.92 Å². The normalized spacial score (nSPS) is 12.5. The van der Waals surface area contributed by atoms with Gasteiger partial charge in [0.2, 0.25) is 5.91 Å². The Labute approximate surface area is 103 Å². The van der Waals surface area contributed by atoms with Gasteiger partial charge in [-0.3, -0.25) is 4.79 Å². The van der Waals surface area contributed by atoms with Gasteiger partial charge in [0.1, 0.15) is 0 Å². The predicted molar refractivity (Wildman–Crippen MR) is 69.8 cm³/mol. The summed E-state index contributed by atoms with van der Waals surface area (Å²) in [7, 11) is 0. The molecule has 0 radical (unpaired) electrons. The molecule has 1 unspecified atom stereocenters. The Morgan fingerprint density at radius 2 is 1.76 bits per heavy atom. The zero-order chi connectivity index (χ0) is 12.8. The Kier molecular flexibility index (Phi) is 5.16. The highest BCUT2D eigenvalue weighted by molar-refractivity contribution is 5.92. The molecular formula is C14H21NO2. The molecule has 3 nitrogen and oxygen atoms in total. The summed E-state index contributed by atoms with van der Waals surface area (Å²) < 4.78 is 0. The number of carbonyl (C=O) groups is 1. The number of carbonyl (C=O) groups excluding carboxylic acids is 1. The van der Waals surface area contributed by atoms with Crippen LogP contribution >= 0.6 is 0 Å². The standard InChI is InChI=1S/C14H21NO2/c1-4-11(5-2)14(17)15-13-8-6-12(7-9-13)10(3)16/h6-11,16H,4-5H2,1-3H3,(H,15,17). The second-order valence-electron chi connectivity index (χ2n) is 4.30. The highest BCUT2D eigenvalue weighted by atomic mass is 16.3. The highest BCUT2D eigenvalue weighted by Gasteiger charge is 2.13. The Balaban J connectivity index is 2.66. The van der Waals surface area contributed by atoms with Crippen LogP contribution in [0.1, 0.15) is 45.3 Å². The second-order valence-corrected chi connectivity index (χ2v) is 4.30. The molecule has 0 aliphatic carbocycles. The summed E-state index contributed by atoms with van der Waals surface area (Å²) >= 11 is 0. The molecule has 94 valence electrons. The van der Waals surface area contributed by atoms with Crippen molar-refractivity contribution in [3.05, 3.63) is 29.8 Å². The zero-order valence-electron chi connectivity index (χ0n) is 10.7. The molecule has 0 saturated heterocycles. The molecule has 1 aromatic rings. The number of aliphatic hydroxyl groups is 1. The lowest BCUT2D eigenvalue weighted by Gasteiger charge is -2.13. The Bertz CT molecular complexity index is 353. The summed E-state index contributed by atoms with van der Waals surface area (Å²) in [6.07, 6.45) is 1.24. The van der Waals surface area contributed by atoms with Crippen molar-refractivity contribution < 1.29 is 9.90 Å². The smallest absolute Gasteiger partial charge is 0.227 e. The minimum Gasteiger partial charge on any atom is -0.389 e. The zero-order valence-corrected chi connectivity index (χ0v) is 10.7. The van der Waals surface area contributed by atoms with Crippen LogP contribution in [0.3, 0.4) is 0 Å². The highest BCUT2D eigenvalue weighted by Crippen LogP contribution is 2.17. The van der Waals surface area contributed by atoms with Crippen molar-refractivity contribution in [1.29, 1.82) is 0 Å². The van der Waals surface area contributed by atoms with E-state index in [1.54, 1.807) is 6.92 Å². The van der Waals surface area contributed by atoms with Gasteiger partial charge in [-0.25, -0.2) is 0 Å². The first-order valence-corrected chi connectivity index (χ1v) is 6.17. The van der Waals surface area contributed by atoms with E-state index in [1.165, 1.54) is 0 Å². The average molecular weight is 235 g/mol. The topological polar surface area (TPSA) is 49.3 Å². The van der Waals surface area contributed by atoms with E-state index in [4.69, 9.17) is 0 Å². The minimum absolute atomic E-state index is 0.0693. The first-order chi connectivity index (χ1) is 8.08. The third-order valence-corrected chi connectivity index (χ3v) is 3.02. The summed E-state index contributed by atoms with van der Waals surface area (Å²) in [5, 5.41) is 12.3. The van der Waals surface area contributed by atoms with Crippen LogP contribution in [0.4, 0.5) is 5.69 Å². The van der Waals surface area contributed by atoms with E-state index in [1.807, 2.05) is 38.1 Å². The van der Waals surface area contributed by atoms with Crippen LogP contribution in [-0.2, 0) is 4.79 Å². The lowest BCUT2D eigenvalue weighted by atomic mass is 10.0.